The first-order valence-electron chi connectivity index (χ1n) is 4.29. The molecule has 0 spiro atoms. The van der Waals surface area contributed by atoms with Gasteiger partial charge in [0.1, 0.15) is 0 Å². The third kappa shape index (κ3) is 0.698. The van der Waals surface area contributed by atoms with E-state index < -0.39 is 0 Å². The van der Waals surface area contributed by atoms with Gasteiger partial charge in [-0.2, -0.15) is 0 Å². The molecule has 0 N–H and O–H groups in total. The molecule has 0 radical (unpaired) electrons. The summed E-state index contributed by atoms with van der Waals surface area (Å²) >= 11 is 0. The molecule has 0 bridgehead atoms. The molecular weight excluding hydrogens is 136 g/mol. The fourth-order valence-corrected chi connectivity index (χ4v) is 2.85. The van der Waals surface area contributed by atoms with Gasteiger partial charge in [0.05, 0.1) is 12.2 Å². The van der Waals surface area contributed by atoms with E-state index in [4.69, 9.17) is 4.74 Å². The molecule has 1 aliphatic heterocycles. The molecular formula is C10H16O. The molecule has 0 aromatic heterocycles. The summed E-state index contributed by atoms with van der Waals surface area (Å²) in [5, 5.41) is 0. The van der Waals surface area contributed by atoms with E-state index in [9.17, 15) is 0 Å². The molecule has 2 aliphatic rings. The van der Waals surface area contributed by atoms with Crippen molar-refractivity contribution in [1.82, 2.24) is 0 Å². The van der Waals surface area contributed by atoms with Crippen molar-refractivity contribution in [2.75, 3.05) is 6.61 Å². The van der Waals surface area contributed by atoms with E-state index >= 15 is 0 Å². The van der Waals surface area contributed by atoms with E-state index in [2.05, 4.69) is 33.4 Å². The molecule has 0 unspecified atom stereocenters. The van der Waals surface area contributed by atoms with Gasteiger partial charge in [0.2, 0.25) is 0 Å². The second-order valence-corrected chi connectivity index (χ2v) is 4.64. The number of hydrogen-bond donors (Lipinski definition) is 0. The molecule has 1 saturated heterocycles. The van der Waals surface area contributed by atoms with Crippen LogP contribution in [0.3, 0.4) is 0 Å². The van der Waals surface area contributed by atoms with Gasteiger partial charge in [-0.05, 0) is 19.8 Å². The summed E-state index contributed by atoms with van der Waals surface area (Å²) in [6.45, 7) is 11.5. The summed E-state index contributed by atoms with van der Waals surface area (Å²) in [5.74, 6) is 1.42. The second kappa shape index (κ2) is 1.71. The Bertz CT molecular complexity index is 207. The van der Waals surface area contributed by atoms with Gasteiger partial charge in [0.25, 0.3) is 0 Å². The van der Waals surface area contributed by atoms with Crippen molar-refractivity contribution in [3.8, 4) is 0 Å². The molecule has 0 amide bonds. The van der Waals surface area contributed by atoms with Crippen LogP contribution in [0.4, 0.5) is 0 Å². The Hall–Kier alpha value is -0.300. The molecule has 2 rings (SSSR count). The van der Waals surface area contributed by atoms with Crippen LogP contribution in [0.2, 0.25) is 0 Å². The summed E-state index contributed by atoms with van der Waals surface area (Å²) in [5.41, 5.74) is 0.513. The van der Waals surface area contributed by atoms with E-state index in [1.165, 1.54) is 0 Å². The van der Waals surface area contributed by atoms with Gasteiger partial charge in [-0.15, -0.1) is 6.58 Å². The quantitative estimate of drug-likeness (QED) is 0.523. The van der Waals surface area contributed by atoms with Crippen molar-refractivity contribution in [2.45, 2.75) is 26.4 Å². The number of hydrogen-bond acceptors (Lipinski definition) is 1. The monoisotopic (exact) mass is 152 g/mol. The standard InChI is InChI=1S/C10H16O/c1-5-7-8-9(2,3)11-6-10(7,8)4/h5,7-8H,1,6H2,2-4H3/t7-,8+,10+/m1/s1. The molecule has 3 atom stereocenters. The van der Waals surface area contributed by atoms with Crippen molar-refractivity contribution in [3.05, 3.63) is 12.7 Å². The zero-order valence-corrected chi connectivity index (χ0v) is 7.55. The summed E-state index contributed by atoms with van der Waals surface area (Å²) in [6.07, 6.45) is 2.09. The zero-order chi connectivity index (χ0) is 8.28. The van der Waals surface area contributed by atoms with Crippen molar-refractivity contribution >= 4 is 0 Å². The Balaban J connectivity index is 2.25. The highest BCUT2D eigenvalue weighted by atomic mass is 16.5. The number of allylic oxidation sites excluding steroid dienone is 1. The van der Waals surface area contributed by atoms with Gasteiger partial charge in [-0.25, -0.2) is 0 Å². The Morgan fingerprint density at radius 1 is 1.45 bits per heavy atom. The largest absolute Gasteiger partial charge is 0.375 e. The predicted octanol–water partition coefficient (Wildman–Crippen LogP) is 2.23. The minimum Gasteiger partial charge on any atom is -0.375 e. The third-order valence-corrected chi connectivity index (χ3v) is 3.48. The highest BCUT2D eigenvalue weighted by molar-refractivity contribution is 5.22. The van der Waals surface area contributed by atoms with Crippen LogP contribution in [0.25, 0.3) is 0 Å². The van der Waals surface area contributed by atoms with Crippen LogP contribution in [0, 0.1) is 17.3 Å². The minimum atomic E-state index is 0.0909. The lowest BCUT2D eigenvalue weighted by Gasteiger charge is -2.21. The van der Waals surface area contributed by atoms with Crippen LogP contribution in [0.15, 0.2) is 12.7 Å². The lowest BCUT2D eigenvalue weighted by molar-refractivity contribution is -0.00444. The Morgan fingerprint density at radius 2 is 2.09 bits per heavy atom. The highest BCUT2D eigenvalue weighted by Crippen LogP contribution is 2.68. The van der Waals surface area contributed by atoms with E-state index in [0.717, 1.165) is 6.61 Å². The van der Waals surface area contributed by atoms with E-state index in [1.54, 1.807) is 0 Å². The molecule has 1 aliphatic carbocycles. The first kappa shape index (κ1) is 7.35. The molecule has 1 heterocycles. The number of ether oxygens (including phenoxy) is 1. The third-order valence-electron chi connectivity index (χ3n) is 3.48. The maximum Gasteiger partial charge on any atom is 0.0666 e. The van der Waals surface area contributed by atoms with Crippen molar-refractivity contribution in [2.24, 2.45) is 17.3 Å². The lowest BCUT2D eigenvalue weighted by atomic mass is 9.99. The van der Waals surface area contributed by atoms with Gasteiger partial charge < -0.3 is 4.74 Å². The summed E-state index contributed by atoms with van der Waals surface area (Å²) in [4.78, 5) is 0. The van der Waals surface area contributed by atoms with Crippen molar-refractivity contribution in [3.63, 3.8) is 0 Å². The Morgan fingerprint density at radius 3 is 2.36 bits per heavy atom. The van der Waals surface area contributed by atoms with Crippen LogP contribution in [-0.2, 0) is 4.74 Å². The SMILES string of the molecule is C=C[C@@H]1[C@H]2C(C)(C)OC[C@@]12C. The van der Waals surface area contributed by atoms with Crippen LogP contribution in [0.5, 0.6) is 0 Å². The van der Waals surface area contributed by atoms with Crippen LogP contribution in [0.1, 0.15) is 20.8 Å². The van der Waals surface area contributed by atoms with Crippen molar-refractivity contribution < 1.29 is 4.74 Å². The number of rotatable bonds is 1. The fraction of sp³-hybridized carbons (Fsp3) is 0.800. The van der Waals surface area contributed by atoms with Gasteiger partial charge in [0, 0.05) is 11.3 Å². The minimum absolute atomic E-state index is 0.0909. The van der Waals surface area contributed by atoms with E-state index in [1.807, 2.05) is 0 Å². The maximum absolute atomic E-state index is 5.69. The molecule has 62 valence electrons. The molecule has 2 fully saturated rings. The van der Waals surface area contributed by atoms with Gasteiger partial charge in [-0.3, -0.25) is 0 Å². The summed E-state index contributed by atoms with van der Waals surface area (Å²) < 4.78 is 5.69. The topological polar surface area (TPSA) is 9.23 Å². The summed E-state index contributed by atoms with van der Waals surface area (Å²) in [6, 6.07) is 0. The normalized spacial score (nSPS) is 51.9. The average molecular weight is 152 g/mol. The smallest absolute Gasteiger partial charge is 0.0666 e. The molecule has 1 nitrogen and oxygen atoms in total. The average Bonchev–Trinajstić information content (AvgIpc) is 2.46. The first-order valence-corrected chi connectivity index (χ1v) is 4.29. The van der Waals surface area contributed by atoms with Crippen LogP contribution < -0.4 is 0 Å². The Kier molecular flexibility index (Phi) is 1.15. The predicted molar refractivity (Wildman–Crippen MR) is 45.3 cm³/mol. The van der Waals surface area contributed by atoms with E-state index in [-0.39, 0.29) is 5.60 Å². The first-order chi connectivity index (χ1) is 5.02. The summed E-state index contributed by atoms with van der Waals surface area (Å²) in [7, 11) is 0. The molecule has 0 aromatic carbocycles. The Labute approximate surface area is 68.4 Å². The molecule has 1 heteroatoms. The highest BCUT2D eigenvalue weighted by Gasteiger charge is 2.70. The van der Waals surface area contributed by atoms with Crippen LogP contribution in [-0.4, -0.2) is 12.2 Å². The molecule has 0 aromatic rings. The maximum atomic E-state index is 5.69. The lowest BCUT2D eigenvalue weighted by Crippen LogP contribution is -2.24. The molecule has 1 saturated carbocycles. The molecule has 11 heavy (non-hydrogen) atoms. The second-order valence-electron chi connectivity index (χ2n) is 4.64. The van der Waals surface area contributed by atoms with Gasteiger partial charge in [0.15, 0.2) is 0 Å². The van der Waals surface area contributed by atoms with Gasteiger partial charge in [-0.1, -0.05) is 13.0 Å². The zero-order valence-electron chi connectivity index (χ0n) is 7.55. The fourth-order valence-electron chi connectivity index (χ4n) is 2.85. The van der Waals surface area contributed by atoms with Crippen molar-refractivity contribution in [1.29, 1.82) is 0 Å². The van der Waals surface area contributed by atoms with E-state index in [0.29, 0.717) is 17.3 Å². The number of fused-ring (bicyclic) bond motifs is 1. The van der Waals surface area contributed by atoms with Gasteiger partial charge >= 0.3 is 0 Å². The van der Waals surface area contributed by atoms with Crippen LogP contribution >= 0.6 is 0 Å².